The van der Waals surface area contributed by atoms with Gasteiger partial charge in [-0.05, 0) is 39.8 Å². The standard InChI is InChI=1S/C14H20ClN3S/c1-10-11(7-16-14(2,3)4)8-17-18(10)9-12-5-6-13(15)19-12/h5-6,8,16H,7,9H2,1-4H3. The minimum atomic E-state index is 0.121. The lowest BCUT2D eigenvalue weighted by molar-refractivity contribution is 0.423. The molecule has 0 saturated carbocycles. The molecule has 2 aromatic heterocycles. The van der Waals surface area contributed by atoms with Crippen LogP contribution in [-0.2, 0) is 13.1 Å². The van der Waals surface area contributed by atoms with Gasteiger partial charge in [0, 0.05) is 28.2 Å². The predicted octanol–water partition coefficient (Wildman–Crippen LogP) is 3.84. The van der Waals surface area contributed by atoms with Crippen LogP contribution in [0.15, 0.2) is 18.3 Å². The molecule has 5 heteroatoms. The molecule has 2 heterocycles. The van der Waals surface area contributed by atoms with E-state index in [0.717, 1.165) is 17.4 Å². The van der Waals surface area contributed by atoms with Gasteiger partial charge in [0.2, 0.25) is 0 Å². The fourth-order valence-electron chi connectivity index (χ4n) is 1.76. The summed E-state index contributed by atoms with van der Waals surface area (Å²) in [6.07, 6.45) is 1.95. The third-order valence-electron chi connectivity index (χ3n) is 2.95. The molecule has 0 bridgehead atoms. The first-order chi connectivity index (χ1) is 8.85. The highest BCUT2D eigenvalue weighted by molar-refractivity contribution is 7.16. The van der Waals surface area contributed by atoms with Crippen LogP contribution in [0, 0.1) is 6.92 Å². The molecule has 2 rings (SSSR count). The summed E-state index contributed by atoms with van der Waals surface area (Å²) in [7, 11) is 0. The van der Waals surface area contributed by atoms with E-state index in [1.54, 1.807) is 11.3 Å². The predicted molar refractivity (Wildman–Crippen MR) is 82.0 cm³/mol. The van der Waals surface area contributed by atoms with Crippen LogP contribution in [0.4, 0.5) is 0 Å². The molecule has 0 aliphatic carbocycles. The highest BCUT2D eigenvalue weighted by Gasteiger charge is 2.12. The lowest BCUT2D eigenvalue weighted by Gasteiger charge is -2.20. The second-order valence-electron chi connectivity index (χ2n) is 5.72. The Kier molecular flexibility index (Phi) is 4.33. The van der Waals surface area contributed by atoms with Gasteiger partial charge in [0.25, 0.3) is 0 Å². The fourth-order valence-corrected chi connectivity index (χ4v) is 2.83. The second kappa shape index (κ2) is 5.65. The van der Waals surface area contributed by atoms with Crippen LogP contribution in [0.25, 0.3) is 0 Å². The van der Waals surface area contributed by atoms with Crippen molar-refractivity contribution in [3.63, 3.8) is 0 Å². The van der Waals surface area contributed by atoms with Gasteiger partial charge in [-0.1, -0.05) is 11.6 Å². The van der Waals surface area contributed by atoms with Crippen molar-refractivity contribution in [3.8, 4) is 0 Å². The molecule has 19 heavy (non-hydrogen) atoms. The van der Waals surface area contributed by atoms with Crippen molar-refractivity contribution in [2.45, 2.75) is 46.3 Å². The van der Waals surface area contributed by atoms with Gasteiger partial charge >= 0.3 is 0 Å². The van der Waals surface area contributed by atoms with Crippen molar-refractivity contribution in [1.29, 1.82) is 0 Å². The molecule has 3 nitrogen and oxygen atoms in total. The Hall–Kier alpha value is -0.840. The number of aromatic nitrogens is 2. The van der Waals surface area contributed by atoms with E-state index < -0.39 is 0 Å². The molecule has 104 valence electrons. The largest absolute Gasteiger partial charge is 0.308 e. The average molecular weight is 298 g/mol. The summed E-state index contributed by atoms with van der Waals surface area (Å²) in [6.45, 7) is 10.3. The van der Waals surface area contributed by atoms with Crippen LogP contribution in [0.1, 0.15) is 36.9 Å². The molecule has 2 aromatic rings. The highest BCUT2D eigenvalue weighted by atomic mass is 35.5. The molecule has 0 radical (unpaired) electrons. The maximum absolute atomic E-state index is 5.95. The summed E-state index contributed by atoms with van der Waals surface area (Å²) in [5.74, 6) is 0. The van der Waals surface area contributed by atoms with E-state index in [-0.39, 0.29) is 5.54 Å². The summed E-state index contributed by atoms with van der Waals surface area (Å²) in [5.41, 5.74) is 2.58. The van der Waals surface area contributed by atoms with E-state index in [0.29, 0.717) is 0 Å². The number of halogens is 1. The first-order valence-corrected chi connectivity index (χ1v) is 7.55. The van der Waals surface area contributed by atoms with Crippen molar-refractivity contribution in [3.05, 3.63) is 38.8 Å². The van der Waals surface area contributed by atoms with Crippen molar-refractivity contribution >= 4 is 22.9 Å². The molecule has 0 aliphatic rings. The van der Waals surface area contributed by atoms with Crippen LogP contribution >= 0.6 is 22.9 Å². The van der Waals surface area contributed by atoms with Gasteiger partial charge in [0.15, 0.2) is 0 Å². The molecule has 0 saturated heterocycles. The quantitative estimate of drug-likeness (QED) is 0.929. The zero-order valence-electron chi connectivity index (χ0n) is 11.8. The molecule has 0 aliphatic heterocycles. The van der Waals surface area contributed by atoms with E-state index in [1.807, 2.05) is 16.9 Å². The first-order valence-electron chi connectivity index (χ1n) is 6.36. The summed E-state index contributed by atoms with van der Waals surface area (Å²) in [5, 5.41) is 7.95. The monoisotopic (exact) mass is 297 g/mol. The van der Waals surface area contributed by atoms with E-state index >= 15 is 0 Å². The summed E-state index contributed by atoms with van der Waals surface area (Å²) in [4.78, 5) is 1.23. The van der Waals surface area contributed by atoms with Gasteiger partial charge in [0.1, 0.15) is 0 Å². The molecule has 0 fully saturated rings. The van der Waals surface area contributed by atoms with Gasteiger partial charge in [-0.25, -0.2) is 0 Å². The van der Waals surface area contributed by atoms with Crippen molar-refractivity contribution < 1.29 is 0 Å². The van der Waals surface area contributed by atoms with E-state index in [9.17, 15) is 0 Å². The minimum absolute atomic E-state index is 0.121. The van der Waals surface area contributed by atoms with Crippen LogP contribution in [0.5, 0.6) is 0 Å². The fraction of sp³-hybridized carbons (Fsp3) is 0.500. The number of thiophene rings is 1. The lowest BCUT2D eigenvalue weighted by Crippen LogP contribution is -2.35. The molecular weight excluding hydrogens is 278 g/mol. The first kappa shape index (κ1) is 14.6. The molecule has 0 aromatic carbocycles. The van der Waals surface area contributed by atoms with Gasteiger partial charge in [0.05, 0.1) is 17.1 Å². The maximum atomic E-state index is 5.95. The second-order valence-corrected chi connectivity index (χ2v) is 7.52. The Bertz CT molecular complexity index is 551. The lowest BCUT2D eigenvalue weighted by atomic mass is 10.1. The van der Waals surface area contributed by atoms with Gasteiger partial charge in [-0.3, -0.25) is 4.68 Å². The maximum Gasteiger partial charge on any atom is 0.0931 e. The number of nitrogens with one attached hydrogen (secondary N) is 1. The van der Waals surface area contributed by atoms with Gasteiger partial charge in [-0.2, -0.15) is 5.10 Å². The summed E-state index contributed by atoms with van der Waals surface area (Å²) in [6, 6.07) is 3.99. The highest BCUT2D eigenvalue weighted by Crippen LogP contribution is 2.22. The number of hydrogen-bond acceptors (Lipinski definition) is 3. The Morgan fingerprint density at radius 3 is 2.68 bits per heavy atom. The zero-order valence-corrected chi connectivity index (χ0v) is 13.4. The van der Waals surface area contributed by atoms with Crippen LogP contribution in [0.3, 0.4) is 0 Å². The summed E-state index contributed by atoms with van der Waals surface area (Å²) < 4.78 is 2.86. The third-order valence-corrected chi connectivity index (χ3v) is 4.16. The van der Waals surface area contributed by atoms with Crippen LogP contribution < -0.4 is 5.32 Å². The van der Waals surface area contributed by atoms with Crippen molar-refractivity contribution in [2.24, 2.45) is 0 Å². The number of rotatable bonds is 4. The summed E-state index contributed by atoms with van der Waals surface area (Å²) >= 11 is 7.56. The molecular formula is C14H20ClN3S. The van der Waals surface area contributed by atoms with Crippen molar-refractivity contribution in [2.75, 3.05) is 0 Å². The number of nitrogens with zero attached hydrogens (tertiary/aromatic N) is 2. The number of hydrogen-bond donors (Lipinski definition) is 1. The van der Waals surface area contributed by atoms with E-state index in [1.165, 1.54) is 16.1 Å². The minimum Gasteiger partial charge on any atom is -0.308 e. The van der Waals surface area contributed by atoms with E-state index in [4.69, 9.17) is 11.6 Å². The van der Waals surface area contributed by atoms with Crippen molar-refractivity contribution in [1.82, 2.24) is 15.1 Å². The van der Waals surface area contributed by atoms with E-state index in [2.05, 4.69) is 44.2 Å². The van der Waals surface area contributed by atoms with Crippen LogP contribution in [0.2, 0.25) is 4.34 Å². The smallest absolute Gasteiger partial charge is 0.0931 e. The molecule has 0 amide bonds. The topological polar surface area (TPSA) is 29.9 Å². The third kappa shape index (κ3) is 4.06. The molecule has 0 spiro atoms. The Morgan fingerprint density at radius 2 is 2.11 bits per heavy atom. The molecule has 1 N–H and O–H groups in total. The normalized spacial score (nSPS) is 12.1. The zero-order chi connectivity index (χ0) is 14.0. The Morgan fingerprint density at radius 1 is 1.37 bits per heavy atom. The Balaban J connectivity index is 2.05. The average Bonchev–Trinajstić information content (AvgIpc) is 2.85. The van der Waals surface area contributed by atoms with Crippen LogP contribution in [-0.4, -0.2) is 15.3 Å². The Labute approximate surface area is 123 Å². The van der Waals surface area contributed by atoms with Gasteiger partial charge in [-0.15, -0.1) is 11.3 Å². The molecule has 0 atom stereocenters. The SMILES string of the molecule is Cc1c(CNC(C)(C)C)cnn1Cc1ccc(Cl)s1. The van der Waals surface area contributed by atoms with Gasteiger partial charge < -0.3 is 5.32 Å². The molecule has 0 unspecified atom stereocenters.